The van der Waals surface area contributed by atoms with E-state index in [2.05, 4.69) is 22.3 Å². The van der Waals surface area contributed by atoms with Crippen molar-refractivity contribution in [3.05, 3.63) is 53.6 Å². The molecule has 1 N–H and O–H groups in total. The number of nitrogens with one attached hydrogen (secondary N) is 1. The van der Waals surface area contributed by atoms with Crippen LogP contribution in [0.5, 0.6) is 11.5 Å². The third-order valence-electron chi connectivity index (χ3n) is 5.39. The Hall–Kier alpha value is -2.73. The second kappa shape index (κ2) is 7.48. The molecule has 0 aliphatic carbocycles. The summed E-state index contributed by atoms with van der Waals surface area (Å²) in [5, 5.41) is 2.76. The minimum Gasteiger partial charge on any atom is -0.493 e. The molecular formula is C21H24N2O4. The fraction of sp³-hybridized carbons (Fsp3) is 0.381. The van der Waals surface area contributed by atoms with E-state index in [1.165, 1.54) is 11.1 Å². The van der Waals surface area contributed by atoms with Crippen molar-refractivity contribution in [1.82, 2.24) is 4.90 Å². The Morgan fingerprint density at radius 2 is 1.89 bits per heavy atom. The molecule has 27 heavy (non-hydrogen) atoms. The number of hydrogen-bond donors (Lipinski definition) is 1. The summed E-state index contributed by atoms with van der Waals surface area (Å²) in [4.78, 5) is 14.5. The van der Waals surface area contributed by atoms with Crippen molar-refractivity contribution in [2.24, 2.45) is 5.92 Å². The molecule has 0 bridgehead atoms. The van der Waals surface area contributed by atoms with Gasteiger partial charge in [0.25, 0.3) is 0 Å². The van der Waals surface area contributed by atoms with E-state index in [4.69, 9.17) is 14.2 Å². The van der Waals surface area contributed by atoms with Crippen LogP contribution in [0.4, 0.5) is 10.5 Å². The number of para-hydroxylation sites is 1. The molecule has 6 nitrogen and oxygen atoms in total. The normalized spacial score (nSPS) is 20.7. The minimum atomic E-state index is -0.414. The molecule has 142 valence electrons. The van der Waals surface area contributed by atoms with Crippen LogP contribution in [-0.2, 0) is 11.2 Å². The molecule has 2 aromatic rings. The Kier molecular flexibility index (Phi) is 4.90. The molecule has 0 saturated carbocycles. The predicted molar refractivity (Wildman–Crippen MR) is 102 cm³/mol. The highest BCUT2D eigenvalue weighted by Gasteiger charge is 2.44. The number of carbonyl (C=O) groups excluding carboxylic acids is 1. The number of anilines is 1. The second-order valence-electron chi connectivity index (χ2n) is 6.95. The van der Waals surface area contributed by atoms with E-state index in [9.17, 15) is 4.79 Å². The van der Waals surface area contributed by atoms with Crippen LogP contribution in [0.25, 0.3) is 0 Å². The van der Waals surface area contributed by atoms with E-state index in [1.807, 2.05) is 30.3 Å². The number of carbonyl (C=O) groups is 1. The van der Waals surface area contributed by atoms with Crippen LogP contribution in [0, 0.1) is 5.92 Å². The van der Waals surface area contributed by atoms with E-state index in [-0.39, 0.29) is 12.0 Å². The quantitative estimate of drug-likeness (QED) is 0.876. The molecule has 0 radical (unpaired) electrons. The number of amides is 1. The van der Waals surface area contributed by atoms with Crippen LogP contribution in [-0.4, -0.2) is 44.9 Å². The molecule has 2 heterocycles. The number of rotatable bonds is 5. The van der Waals surface area contributed by atoms with E-state index < -0.39 is 6.09 Å². The van der Waals surface area contributed by atoms with Gasteiger partial charge in [0.05, 0.1) is 20.8 Å². The average Bonchev–Trinajstić information content (AvgIpc) is 2.67. The zero-order valence-corrected chi connectivity index (χ0v) is 15.6. The van der Waals surface area contributed by atoms with Gasteiger partial charge in [-0.05, 0) is 41.8 Å². The van der Waals surface area contributed by atoms with Gasteiger partial charge in [-0.3, -0.25) is 10.2 Å². The van der Waals surface area contributed by atoms with E-state index in [1.54, 1.807) is 14.2 Å². The van der Waals surface area contributed by atoms with Crippen molar-refractivity contribution in [2.75, 3.05) is 39.2 Å². The van der Waals surface area contributed by atoms with Crippen LogP contribution in [0.15, 0.2) is 42.5 Å². The van der Waals surface area contributed by atoms with Crippen LogP contribution in [0.2, 0.25) is 0 Å². The number of ether oxygens (including phenoxy) is 3. The van der Waals surface area contributed by atoms with Gasteiger partial charge in [0.1, 0.15) is 0 Å². The Labute approximate surface area is 159 Å². The van der Waals surface area contributed by atoms with E-state index in [0.717, 1.165) is 36.7 Å². The summed E-state index contributed by atoms with van der Waals surface area (Å²) in [6.45, 7) is 2.35. The Bertz CT molecular complexity index is 824. The van der Waals surface area contributed by atoms with Crippen molar-refractivity contribution in [3.8, 4) is 11.5 Å². The first-order valence-corrected chi connectivity index (χ1v) is 9.17. The summed E-state index contributed by atoms with van der Waals surface area (Å²) in [5.74, 6) is 1.79. The van der Waals surface area contributed by atoms with Crippen molar-refractivity contribution in [2.45, 2.75) is 12.5 Å². The van der Waals surface area contributed by atoms with Crippen LogP contribution in [0.3, 0.4) is 0 Å². The molecule has 0 spiro atoms. The third kappa shape index (κ3) is 3.45. The highest BCUT2D eigenvalue weighted by molar-refractivity contribution is 5.84. The maximum Gasteiger partial charge on any atom is 0.411 e. The van der Waals surface area contributed by atoms with Crippen LogP contribution in [0.1, 0.15) is 17.2 Å². The lowest BCUT2D eigenvalue weighted by molar-refractivity contribution is -0.0275. The maximum atomic E-state index is 12.1. The Morgan fingerprint density at radius 1 is 1.15 bits per heavy atom. The SMILES string of the molecule is COc1cc2c(cc1OC)[C@H]1[C@@H](COC(=O)Nc3ccccc3)CN1CC2. The zero-order chi connectivity index (χ0) is 18.8. The van der Waals surface area contributed by atoms with Gasteiger partial charge < -0.3 is 14.2 Å². The molecule has 2 aliphatic heterocycles. The van der Waals surface area contributed by atoms with Gasteiger partial charge in [-0.2, -0.15) is 0 Å². The van der Waals surface area contributed by atoms with Gasteiger partial charge in [-0.15, -0.1) is 0 Å². The smallest absolute Gasteiger partial charge is 0.411 e. The number of hydrogen-bond acceptors (Lipinski definition) is 5. The summed E-state index contributed by atoms with van der Waals surface area (Å²) >= 11 is 0. The molecule has 0 aromatic heterocycles. The standard InChI is InChI=1S/C21H24N2O4/c1-25-18-10-14-8-9-23-12-15(20(23)17(14)11-19(18)26-2)13-27-21(24)22-16-6-4-3-5-7-16/h3-7,10-11,15,20H,8-9,12-13H2,1-2H3,(H,22,24)/t15-,20-/m1/s1. The molecule has 4 rings (SSSR count). The van der Waals surface area contributed by atoms with Crippen molar-refractivity contribution < 1.29 is 19.0 Å². The highest BCUT2D eigenvalue weighted by Crippen LogP contribution is 2.46. The molecule has 6 heteroatoms. The number of benzene rings is 2. The lowest BCUT2D eigenvalue weighted by Gasteiger charge is -2.51. The number of methoxy groups -OCH3 is 2. The summed E-state index contributed by atoms with van der Waals surface area (Å²) < 4.78 is 16.4. The summed E-state index contributed by atoms with van der Waals surface area (Å²) in [6.07, 6.45) is 0.580. The first-order chi connectivity index (χ1) is 13.2. The fourth-order valence-corrected chi connectivity index (χ4v) is 4.05. The van der Waals surface area contributed by atoms with Gasteiger partial charge in [-0.25, -0.2) is 4.79 Å². The number of nitrogens with zero attached hydrogens (tertiary/aromatic N) is 1. The molecule has 1 amide bonds. The summed E-state index contributed by atoms with van der Waals surface area (Å²) in [7, 11) is 3.31. The molecule has 2 aromatic carbocycles. The van der Waals surface area contributed by atoms with E-state index in [0.29, 0.717) is 6.61 Å². The molecular weight excluding hydrogens is 344 g/mol. The minimum absolute atomic E-state index is 0.262. The molecule has 1 saturated heterocycles. The van der Waals surface area contributed by atoms with E-state index >= 15 is 0 Å². The lowest BCUT2D eigenvalue weighted by atomic mass is 9.78. The zero-order valence-electron chi connectivity index (χ0n) is 15.6. The highest BCUT2D eigenvalue weighted by atomic mass is 16.5. The lowest BCUT2D eigenvalue weighted by Crippen LogP contribution is -2.54. The monoisotopic (exact) mass is 368 g/mol. The van der Waals surface area contributed by atoms with Gasteiger partial charge in [0, 0.05) is 30.7 Å². The molecule has 2 aliphatic rings. The van der Waals surface area contributed by atoms with Crippen molar-refractivity contribution in [1.29, 1.82) is 0 Å². The van der Waals surface area contributed by atoms with Crippen LogP contribution >= 0.6 is 0 Å². The van der Waals surface area contributed by atoms with Gasteiger partial charge in [0.15, 0.2) is 11.5 Å². The second-order valence-corrected chi connectivity index (χ2v) is 6.95. The average molecular weight is 368 g/mol. The maximum absolute atomic E-state index is 12.1. The van der Waals surface area contributed by atoms with Crippen molar-refractivity contribution in [3.63, 3.8) is 0 Å². The number of fused-ring (bicyclic) bond motifs is 3. The Balaban J connectivity index is 1.42. The first kappa shape index (κ1) is 17.7. The molecule has 2 atom stereocenters. The third-order valence-corrected chi connectivity index (χ3v) is 5.39. The summed E-state index contributed by atoms with van der Waals surface area (Å²) in [5.41, 5.74) is 3.27. The van der Waals surface area contributed by atoms with Crippen LogP contribution < -0.4 is 14.8 Å². The first-order valence-electron chi connectivity index (χ1n) is 9.17. The fourth-order valence-electron chi connectivity index (χ4n) is 4.05. The predicted octanol–water partition coefficient (Wildman–Crippen LogP) is 3.48. The molecule has 1 fully saturated rings. The largest absolute Gasteiger partial charge is 0.493 e. The Morgan fingerprint density at radius 3 is 2.63 bits per heavy atom. The van der Waals surface area contributed by atoms with Gasteiger partial charge >= 0.3 is 6.09 Å². The van der Waals surface area contributed by atoms with Gasteiger partial charge in [0.2, 0.25) is 0 Å². The molecule has 0 unspecified atom stereocenters. The van der Waals surface area contributed by atoms with Gasteiger partial charge in [-0.1, -0.05) is 18.2 Å². The van der Waals surface area contributed by atoms with Crippen molar-refractivity contribution >= 4 is 11.8 Å². The summed E-state index contributed by atoms with van der Waals surface area (Å²) in [6, 6.07) is 13.7. The topological polar surface area (TPSA) is 60.0 Å².